The maximum Gasteiger partial charge on any atom is 0.292 e. The van der Waals surface area contributed by atoms with E-state index in [1.54, 1.807) is 12.1 Å². The topological polar surface area (TPSA) is 47.4 Å². The molecule has 2 atom stereocenters. The van der Waals surface area contributed by atoms with E-state index in [9.17, 15) is 18.0 Å². The van der Waals surface area contributed by atoms with E-state index >= 15 is 0 Å². The summed E-state index contributed by atoms with van der Waals surface area (Å²) in [5, 5.41) is 3.90. The molecule has 2 unspecified atom stereocenters. The van der Waals surface area contributed by atoms with Gasteiger partial charge in [-0.3, -0.25) is 4.79 Å². The van der Waals surface area contributed by atoms with Crippen LogP contribution < -0.4 is 10.5 Å². The maximum atomic E-state index is 14.1. The van der Waals surface area contributed by atoms with Gasteiger partial charge in [0.2, 0.25) is 0 Å². The minimum Gasteiger partial charge on any atom is -0.367 e. The quantitative estimate of drug-likeness (QED) is 0.616. The molecule has 9 heteroatoms. The number of hydrogen-bond donors (Lipinski definition) is 0. The smallest absolute Gasteiger partial charge is 0.292 e. The van der Waals surface area contributed by atoms with Gasteiger partial charge in [0.25, 0.3) is 5.56 Å². The molecule has 3 aromatic rings. The molecular weight excluding hydrogens is 419 g/mol. The Morgan fingerprint density at radius 3 is 2.43 bits per heavy atom. The number of aromatic nitrogens is 2. The number of morpholine rings is 1. The Bertz CT molecular complexity index is 1140. The van der Waals surface area contributed by atoms with Gasteiger partial charge in [-0.15, -0.1) is 0 Å². The number of nitrogens with zero attached hydrogens (tertiary/aromatic N) is 3. The number of benzene rings is 2. The minimum atomic E-state index is -0.926. The summed E-state index contributed by atoms with van der Waals surface area (Å²) in [6.07, 6.45) is 0.816. The monoisotopic (exact) mass is 435 g/mol. The lowest BCUT2D eigenvalue weighted by Gasteiger charge is -2.38. The van der Waals surface area contributed by atoms with Crippen molar-refractivity contribution in [2.24, 2.45) is 0 Å². The Kier molecular flexibility index (Phi) is 5.53. The van der Waals surface area contributed by atoms with Gasteiger partial charge in [-0.25, -0.2) is 13.2 Å². The Hall–Kier alpha value is -2.84. The van der Waals surface area contributed by atoms with E-state index in [0.29, 0.717) is 24.8 Å². The van der Waals surface area contributed by atoms with Crippen molar-refractivity contribution in [3.05, 3.63) is 87.1 Å². The van der Waals surface area contributed by atoms with Gasteiger partial charge in [-0.05, 0) is 36.8 Å². The summed E-state index contributed by atoms with van der Waals surface area (Å²) in [6, 6.07) is 8.82. The second kappa shape index (κ2) is 8.12. The normalized spacial score (nSPS) is 19.2. The Morgan fingerprint density at radius 1 is 1.03 bits per heavy atom. The van der Waals surface area contributed by atoms with E-state index in [-0.39, 0.29) is 28.7 Å². The van der Waals surface area contributed by atoms with Crippen molar-refractivity contribution >= 4 is 17.3 Å². The van der Waals surface area contributed by atoms with Gasteiger partial charge in [0.1, 0.15) is 28.4 Å². The zero-order chi connectivity index (χ0) is 21.4. The van der Waals surface area contributed by atoms with Crippen molar-refractivity contribution in [2.75, 3.05) is 18.0 Å². The summed E-state index contributed by atoms with van der Waals surface area (Å²) in [7, 11) is 0. The van der Waals surface area contributed by atoms with Crippen LogP contribution >= 0.6 is 11.6 Å². The highest BCUT2D eigenvalue weighted by atomic mass is 35.5. The van der Waals surface area contributed by atoms with Gasteiger partial charge in [0.15, 0.2) is 5.82 Å². The lowest BCUT2D eigenvalue weighted by Crippen LogP contribution is -2.43. The average Bonchev–Trinajstić information content (AvgIpc) is 2.70. The molecule has 1 aliphatic rings. The molecule has 0 bridgehead atoms. The van der Waals surface area contributed by atoms with Crippen molar-refractivity contribution in [3.8, 4) is 5.69 Å². The number of halogens is 4. The van der Waals surface area contributed by atoms with Crippen LogP contribution in [-0.4, -0.2) is 29.0 Å². The van der Waals surface area contributed by atoms with Gasteiger partial charge in [0.05, 0.1) is 18.0 Å². The molecule has 1 aromatic heterocycles. The molecule has 1 aliphatic heterocycles. The standard InChI is InChI=1S/C21H17ClF3N3O2/c1-12-10-27(11-19(30-12)13-2-4-14(23)5-3-13)18-9-26-28(21(29)20(18)22)17-7-6-15(24)8-16(17)25/h2-9,12,19H,10-11H2,1H3. The van der Waals surface area contributed by atoms with Crippen molar-refractivity contribution in [2.45, 2.75) is 19.1 Å². The molecule has 0 spiro atoms. The molecule has 0 amide bonds. The largest absolute Gasteiger partial charge is 0.367 e. The highest BCUT2D eigenvalue weighted by Gasteiger charge is 2.29. The third-order valence-electron chi connectivity index (χ3n) is 4.88. The van der Waals surface area contributed by atoms with Gasteiger partial charge < -0.3 is 9.64 Å². The molecule has 30 heavy (non-hydrogen) atoms. The lowest BCUT2D eigenvalue weighted by molar-refractivity contribution is -0.0174. The van der Waals surface area contributed by atoms with Gasteiger partial charge in [0, 0.05) is 19.2 Å². The van der Waals surface area contributed by atoms with Crippen LogP contribution in [0.3, 0.4) is 0 Å². The summed E-state index contributed by atoms with van der Waals surface area (Å²) < 4.78 is 47.2. The van der Waals surface area contributed by atoms with Crippen molar-refractivity contribution < 1.29 is 17.9 Å². The molecule has 1 fully saturated rings. The summed E-state index contributed by atoms with van der Waals surface area (Å²) in [5.74, 6) is -2.03. The highest BCUT2D eigenvalue weighted by Crippen LogP contribution is 2.31. The maximum absolute atomic E-state index is 14.1. The van der Waals surface area contributed by atoms with Crippen LogP contribution in [0.15, 0.2) is 53.5 Å². The molecule has 156 valence electrons. The molecule has 0 aliphatic carbocycles. The third-order valence-corrected chi connectivity index (χ3v) is 5.24. The lowest BCUT2D eigenvalue weighted by atomic mass is 10.1. The van der Waals surface area contributed by atoms with Crippen LogP contribution in [0.5, 0.6) is 0 Å². The summed E-state index contributed by atoms with van der Waals surface area (Å²) >= 11 is 6.33. The average molecular weight is 436 g/mol. The molecule has 2 heterocycles. The van der Waals surface area contributed by atoms with Crippen LogP contribution in [0.1, 0.15) is 18.6 Å². The van der Waals surface area contributed by atoms with E-state index < -0.39 is 17.2 Å². The van der Waals surface area contributed by atoms with Crippen molar-refractivity contribution in [3.63, 3.8) is 0 Å². The SMILES string of the molecule is CC1CN(c2cnn(-c3ccc(F)cc3F)c(=O)c2Cl)CC(c2ccc(F)cc2)O1. The first kappa shape index (κ1) is 20.4. The van der Waals surface area contributed by atoms with E-state index in [1.807, 2.05) is 11.8 Å². The zero-order valence-corrected chi connectivity index (χ0v) is 16.6. The van der Waals surface area contributed by atoms with Crippen molar-refractivity contribution in [1.29, 1.82) is 0 Å². The Labute approximate surface area is 175 Å². The van der Waals surface area contributed by atoms with E-state index in [0.717, 1.165) is 22.4 Å². The van der Waals surface area contributed by atoms with E-state index in [2.05, 4.69) is 5.10 Å². The highest BCUT2D eigenvalue weighted by molar-refractivity contribution is 6.33. The number of ether oxygens (including phenoxy) is 1. The minimum absolute atomic E-state index is 0.138. The molecule has 0 N–H and O–H groups in total. The van der Waals surface area contributed by atoms with Gasteiger partial charge >= 0.3 is 0 Å². The van der Waals surface area contributed by atoms with Crippen LogP contribution in [-0.2, 0) is 4.74 Å². The zero-order valence-electron chi connectivity index (χ0n) is 15.9. The fourth-order valence-electron chi connectivity index (χ4n) is 3.48. The van der Waals surface area contributed by atoms with Crippen LogP contribution in [0.2, 0.25) is 5.02 Å². The van der Waals surface area contributed by atoms with Crippen LogP contribution in [0.4, 0.5) is 18.9 Å². The summed E-state index contributed by atoms with van der Waals surface area (Å²) in [4.78, 5) is 14.6. The van der Waals surface area contributed by atoms with Crippen LogP contribution in [0.25, 0.3) is 5.69 Å². The summed E-state index contributed by atoms with van der Waals surface area (Å²) in [6.45, 7) is 2.69. The third kappa shape index (κ3) is 3.93. The first-order valence-corrected chi connectivity index (χ1v) is 9.60. The fraction of sp³-hybridized carbons (Fsp3) is 0.238. The first-order chi connectivity index (χ1) is 14.3. The van der Waals surface area contributed by atoms with Gasteiger partial charge in [-0.1, -0.05) is 23.7 Å². The molecule has 0 radical (unpaired) electrons. The number of rotatable bonds is 3. The fourth-order valence-corrected chi connectivity index (χ4v) is 3.73. The predicted octanol–water partition coefficient (Wildman–Crippen LogP) is 4.27. The molecule has 2 aromatic carbocycles. The van der Waals surface area contributed by atoms with Crippen LogP contribution in [0, 0.1) is 17.5 Å². The Balaban J connectivity index is 1.67. The number of anilines is 1. The van der Waals surface area contributed by atoms with E-state index in [1.165, 1.54) is 18.3 Å². The van der Waals surface area contributed by atoms with E-state index in [4.69, 9.17) is 16.3 Å². The molecule has 4 rings (SSSR count). The summed E-state index contributed by atoms with van der Waals surface area (Å²) in [5.41, 5.74) is 0.244. The van der Waals surface area contributed by atoms with Crippen molar-refractivity contribution in [1.82, 2.24) is 9.78 Å². The second-order valence-corrected chi connectivity index (χ2v) is 7.43. The molecule has 0 saturated carbocycles. The predicted molar refractivity (Wildman–Crippen MR) is 107 cm³/mol. The first-order valence-electron chi connectivity index (χ1n) is 9.22. The Morgan fingerprint density at radius 2 is 1.73 bits per heavy atom. The molecule has 1 saturated heterocycles. The second-order valence-electron chi connectivity index (χ2n) is 7.05. The molecule has 5 nitrogen and oxygen atoms in total. The molecular formula is C21H17ClF3N3O2. The van der Waals surface area contributed by atoms with Gasteiger partial charge in [-0.2, -0.15) is 9.78 Å². The number of hydrogen-bond acceptors (Lipinski definition) is 4.